The van der Waals surface area contributed by atoms with E-state index in [4.69, 9.17) is 0 Å². The first-order chi connectivity index (χ1) is 9.90. The fourth-order valence-electron chi connectivity index (χ4n) is 1.87. The fourth-order valence-corrected chi connectivity index (χ4v) is 1.87. The highest BCUT2D eigenvalue weighted by molar-refractivity contribution is 5.92. The van der Waals surface area contributed by atoms with Crippen LogP contribution in [0.5, 0.6) is 0 Å². The molecule has 21 heavy (non-hydrogen) atoms. The third-order valence-corrected chi connectivity index (χ3v) is 2.91. The van der Waals surface area contributed by atoms with Gasteiger partial charge in [-0.1, -0.05) is 0 Å². The molecule has 0 aliphatic rings. The van der Waals surface area contributed by atoms with E-state index in [1.54, 1.807) is 17.8 Å². The lowest BCUT2D eigenvalue weighted by Crippen LogP contribution is -2.30. The zero-order valence-electron chi connectivity index (χ0n) is 11.8. The first kappa shape index (κ1) is 15.0. The van der Waals surface area contributed by atoms with Gasteiger partial charge in [0.1, 0.15) is 12.1 Å². The summed E-state index contributed by atoms with van der Waals surface area (Å²) >= 11 is 0. The van der Waals surface area contributed by atoms with Crippen molar-refractivity contribution in [3.05, 3.63) is 41.7 Å². The smallest absolute Gasteiger partial charge is 0.273 e. The second-order valence-corrected chi connectivity index (χ2v) is 4.87. The van der Waals surface area contributed by atoms with Crippen molar-refractivity contribution in [1.29, 1.82) is 0 Å². The lowest BCUT2D eigenvalue weighted by atomic mass is 10.2. The van der Waals surface area contributed by atoms with Gasteiger partial charge in [-0.05, 0) is 20.8 Å². The maximum absolute atomic E-state index is 13.5. The minimum Gasteiger partial charge on any atom is -0.341 e. The summed E-state index contributed by atoms with van der Waals surface area (Å²) in [6.45, 7) is 5.59. The van der Waals surface area contributed by atoms with Gasteiger partial charge in [0.05, 0.1) is 12.2 Å². The summed E-state index contributed by atoms with van der Waals surface area (Å²) in [5, 5.41) is 10.3. The molecule has 0 fully saturated rings. The number of hydrogen-bond donors (Lipinski definition) is 1. The molecule has 0 saturated heterocycles. The molecule has 2 rings (SSSR count). The quantitative estimate of drug-likeness (QED) is 0.936. The number of nitrogens with zero attached hydrogens (tertiary/aromatic N) is 4. The van der Waals surface area contributed by atoms with Crippen molar-refractivity contribution in [2.75, 3.05) is 0 Å². The van der Waals surface area contributed by atoms with Crippen LogP contribution in [-0.2, 0) is 0 Å². The maximum atomic E-state index is 13.5. The van der Waals surface area contributed by atoms with Gasteiger partial charge in [-0.25, -0.2) is 13.8 Å². The van der Waals surface area contributed by atoms with E-state index in [1.165, 1.54) is 0 Å². The van der Waals surface area contributed by atoms with Crippen LogP contribution < -0.4 is 5.32 Å². The molecular formula is C13H15F2N5O. The van der Waals surface area contributed by atoms with Crippen molar-refractivity contribution in [2.45, 2.75) is 32.9 Å². The molecule has 0 spiro atoms. The molecule has 1 N–H and O–H groups in total. The first-order valence-electron chi connectivity index (χ1n) is 6.41. The Morgan fingerprint density at radius 1 is 1.33 bits per heavy atom. The highest BCUT2D eigenvalue weighted by atomic mass is 19.1. The first-order valence-corrected chi connectivity index (χ1v) is 6.41. The van der Waals surface area contributed by atoms with E-state index < -0.39 is 29.3 Å². The highest BCUT2D eigenvalue weighted by Gasteiger charge is 2.20. The van der Waals surface area contributed by atoms with Gasteiger partial charge >= 0.3 is 0 Å². The Morgan fingerprint density at radius 3 is 2.67 bits per heavy atom. The molecule has 2 heterocycles. The summed E-state index contributed by atoms with van der Waals surface area (Å²) in [6.07, 6.45) is 2.35. The minimum absolute atomic E-state index is 0.120. The summed E-state index contributed by atoms with van der Waals surface area (Å²) in [6, 6.07) is 0.243. The van der Waals surface area contributed by atoms with E-state index in [0.29, 0.717) is 11.9 Å². The van der Waals surface area contributed by atoms with Crippen LogP contribution >= 0.6 is 0 Å². The van der Waals surface area contributed by atoms with Crippen molar-refractivity contribution in [1.82, 2.24) is 25.1 Å². The molecule has 112 valence electrons. The van der Waals surface area contributed by atoms with E-state index in [0.717, 1.165) is 6.20 Å². The summed E-state index contributed by atoms with van der Waals surface area (Å²) in [7, 11) is 0. The zero-order chi connectivity index (χ0) is 15.6. The second kappa shape index (κ2) is 5.94. The van der Waals surface area contributed by atoms with Crippen LogP contribution in [0.2, 0.25) is 0 Å². The highest BCUT2D eigenvalue weighted by Crippen LogP contribution is 2.15. The average molecular weight is 295 g/mol. The number of carbonyl (C=O) groups excluding carboxylic acids is 1. The molecule has 1 amide bonds. The van der Waals surface area contributed by atoms with Crippen LogP contribution in [0.25, 0.3) is 0 Å². The fraction of sp³-hybridized carbons (Fsp3) is 0.385. The monoisotopic (exact) mass is 295 g/mol. The molecule has 0 aliphatic heterocycles. The molecule has 0 aliphatic carbocycles. The van der Waals surface area contributed by atoms with Crippen LogP contribution in [0.1, 0.15) is 49.2 Å². The molecular weight excluding hydrogens is 280 g/mol. The van der Waals surface area contributed by atoms with Gasteiger partial charge in [0.25, 0.3) is 5.91 Å². The van der Waals surface area contributed by atoms with Crippen molar-refractivity contribution in [3.8, 4) is 0 Å². The summed E-state index contributed by atoms with van der Waals surface area (Å²) < 4.78 is 28.1. The largest absolute Gasteiger partial charge is 0.341 e. The van der Waals surface area contributed by atoms with Crippen molar-refractivity contribution in [2.24, 2.45) is 0 Å². The number of halogens is 2. The Morgan fingerprint density at radius 2 is 2.05 bits per heavy atom. The Kier molecular flexibility index (Phi) is 4.25. The zero-order valence-corrected chi connectivity index (χ0v) is 11.8. The molecule has 6 nitrogen and oxygen atoms in total. The number of rotatable bonds is 4. The maximum Gasteiger partial charge on any atom is 0.273 e. The van der Waals surface area contributed by atoms with E-state index in [1.807, 2.05) is 13.8 Å². The number of hydrogen-bond acceptors (Lipinski definition) is 4. The van der Waals surface area contributed by atoms with Gasteiger partial charge in [-0.3, -0.25) is 4.79 Å². The van der Waals surface area contributed by atoms with Crippen LogP contribution in [-0.4, -0.2) is 25.7 Å². The van der Waals surface area contributed by atoms with Gasteiger partial charge in [-0.15, -0.1) is 10.2 Å². The number of amides is 1. The molecule has 1 atom stereocenters. The summed E-state index contributed by atoms with van der Waals surface area (Å²) in [5.74, 6) is -2.04. The van der Waals surface area contributed by atoms with Crippen molar-refractivity contribution < 1.29 is 13.6 Å². The van der Waals surface area contributed by atoms with Crippen molar-refractivity contribution in [3.63, 3.8) is 0 Å². The van der Waals surface area contributed by atoms with Gasteiger partial charge in [-0.2, -0.15) is 0 Å². The van der Waals surface area contributed by atoms with E-state index >= 15 is 0 Å². The third-order valence-electron chi connectivity index (χ3n) is 2.91. The van der Waals surface area contributed by atoms with Gasteiger partial charge < -0.3 is 9.88 Å². The average Bonchev–Trinajstić information content (AvgIpc) is 2.87. The standard InChI is InChI=1S/C13H15F2N5O/c1-7(2)20-6-17-19-12(20)8(3)18-13(21)11-10(15)4-9(14)5-16-11/h4-8H,1-3H3,(H,18,21)/t8-/m0/s1. The number of aromatic nitrogens is 4. The molecule has 2 aromatic rings. The van der Waals surface area contributed by atoms with Crippen LogP contribution in [0.3, 0.4) is 0 Å². The molecule has 0 saturated carbocycles. The van der Waals surface area contributed by atoms with Crippen molar-refractivity contribution >= 4 is 5.91 Å². The molecule has 0 radical (unpaired) electrons. The SMILES string of the molecule is CC(C)n1cnnc1[C@H](C)NC(=O)c1ncc(F)cc1F. The van der Waals surface area contributed by atoms with E-state index in [-0.39, 0.29) is 6.04 Å². The van der Waals surface area contributed by atoms with Gasteiger partial charge in [0.2, 0.25) is 0 Å². The van der Waals surface area contributed by atoms with Crippen LogP contribution in [0.15, 0.2) is 18.6 Å². The molecule has 0 unspecified atom stereocenters. The van der Waals surface area contributed by atoms with Crippen LogP contribution in [0, 0.1) is 11.6 Å². The Bertz CT molecular complexity index is 656. The Labute approximate surface area is 120 Å². The van der Waals surface area contributed by atoms with E-state index in [9.17, 15) is 13.6 Å². The van der Waals surface area contributed by atoms with E-state index in [2.05, 4.69) is 20.5 Å². The van der Waals surface area contributed by atoms with Gasteiger partial charge in [0, 0.05) is 12.1 Å². The molecule has 8 heteroatoms. The number of carbonyl (C=O) groups is 1. The number of nitrogens with one attached hydrogen (secondary N) is 1. The lowest BCUT2D eigenvalue weighted by Gasteiger charge is -2.16. The Balaban J connectivity index is 2.17. The predicted molar refractivity (Wildman–Crippen MR) is 70.4 cm³/mol. The molecule has 2 aromatic heterocycles. The summed E-state index contributed by atoms with van der Waals surface area (Å²) in [4.78, 5) is 15.4. The topological polar surface area (TPSA) is 72.7 Å². The number of pyridine rings is 1. The molecule has 0 aromatic carbocycles. The summed E-state index contributed by atoms with van der Waals surface area (Å²) in [5.41, 5.74) is -0.459. The normalized spacial score (nSPS) is 12.5. The Hall–Kier alpha value is -2.38. The second-order valence-electron chi connectivity index (χ2n) is 4.87. The van der Waals surface area contributed by atoms with Crippen LogP contribution in [0.4, 0.5) is 8.78 Å². The minimum atomic E-state index is -1.01. The third kappa shape index (κ3) is 3.21. The molecule has 0 bridgehead atoms. The lowest BCUT2D eigenvalue weighted by molar-refractivity contribution is 0.0927. The predicted octanol–water partition coefficient (Wildman–Crippen LogP) is 2.02. The van der Waals surface area contributed by atoms with Gasteiger partial charge in [0.15, 0.2) is 17.3 Å².